The van der Waals surface area contributed by atoms with Gasteiger partial charge < -0.3 is 0 Å². The number of hydrogen-bond donors (Lipinski definition) is 0. The first-order chi connectivity index (χ1) is 8.60. The van der Waals surface area contributed by atoms with Crippen LogP contribution in [0.2, 0.25) is 0 Å². The average Bonchev–Trinajstić information content (AvgIpc) is 2.36. The van der Waals surface area contributed by atoms with Gasteiger partial charge in [0.25, 0.3) is 0 Å². The van der Waals surface area contributed by atoms with Gasteiger partial charge in [0.15, 0.2) is 0 Å². The molecule has 0 radical (unpaired) electrons. The van der Waals surface area contributed by atoms with Crippen LogP contribution >= 0.6 is 15.9 Å². The Morgan fingerprint density at radius 1 is 1.33 bits per heavy atom. The second-order valence-corrected chi connectivity index (χ2v) is 6.81. The highest BCUT2D eigenvalue weighted by Gasteiger charge is 2.28. The summed E-state index contributed by atoms with van der Waals surface area (Å²) in [5, 5.41) is 0. The van der Waals surface area contributed by atoms with E-state index >= 15 is 0 Å². The molecule has 18 heavy (non-hydrogen) atoms. The zero-order valence-corrected chi connectivity index (χ0v) is 12.8. The summed E-state index contributed by atoms with van der Waals surface area (Å²) in [5.41, 5.74) is 2.40. The van der Waals surface area contributed by atoms with Crippen LogP contribution in [0.5, 0.6) is 0 Å². The topological polar surface area (TPSA) is 0 Å². The van der Waals surface area contributed by atoms with E-state index in [1.54, 1.807) is 12.1 Å². The molecule has 1 aliphatic rings. The standard InChI is InChI=1S/C16H22BrF/c1-3-12-5-7-16(17)14(8-12)9-13-10-15(18)6-4-11(13)2/h4,6,10,12,14,16H,3,5,7-9H2,1-2H3. The molecule has 0 aliphatic heterocycles. The molecule has 1 aromatic rings. The van der Waals surface area contributed by atoms with Gasteiger partial charge in [0.2, 0.25) is 0 Å². The molecule has 1 aromatic carbocycles. The summed E-state index contributed by atoms with van der Waals surface area (Å²) in [5.74, 6) is 1.41. The van der Waals surface area contributed by atoms with E-state index in [-0.39, 0.29) is 5.82 Å². The van der Waals surface area contributed by atoms with Crippen LogP contribution in [0, 0.1) is 24.6 Å². The average molecular weight is 313 g/mol. The number of benzene rings is 1. The van der Waals surface area contributed by atoms with Crippen LogP contribution in [0.25, 0.3) is 0 Å². The first kappa shape index (κ1) is 14.0. The van der Waals surface area contributed by atoms with Crippen molar-refractivity contribution in [2.24, 2.45) is 11.8 Å². The van der Waals surface area contributed by atoms with E-state index in [1.165, 1.54) is 36.8 Å². The van der Waals surface area contributed by atoms with Crippen molar-refractivity contribution in [2.75, 3.05) is 0 Å². The van der Waals surface area contributed by atoms with Gasteiger partial charge in [-0.3, -0.25) is 0 Å². The summed E-state index contributed by atoms with van der Waals surface area (Å²) in [6, 6.07) is 5.17. The summed E-state index contributed by atoms with van der Waals surface area (Å²) >= 11 is 3.82. The van der Waals surface area contributed by atoms with Gasteiger partial charge in [-0.2, -0.15) is 0 Å². The van der Waals surface area contributed by atoms with Gasteiger partial charge in [-0.15, -0.1) is 0 Å². The maximum Gasteiger partial charge on any atom is 0.123 e. The molecule has 2 heteroatoms. The lowest BCUT2D eigenvalue weighted by molar-refractivity contribution is 0.271. The van der Waals surface area contributed by atoms with E-state index < -0.39 is 0 Å². The Bertz CT molecular complexity index is 402. The van der Waals surface area contributed by atoms with Gasteiger partial charge in [0, 0.05) is 4.83 Å². The smallest absolute Gasteiger partial charge is 0.123 e. The number of hydrogen-bond acceptors (Lipinski definition) is 0. The van der Waals surface area contributed by atoms with Gasteiger partial charge in [-0.05, 0) is 67.7 Å². The van der Waals surface area contributed by atoms with Crippen molar-refractivity contribution in [2.45, 2.75) is 50.8 Å². The SMILES string of the molecule is CCC1CCC(Br)C(Cc2cc(F)ccc2C)C1. The zero-order chi connectivity index (χ0) is 13.1. The first-order valence-electron chi connectivity index (χ1n) is 6.99. The van der Waals surface area contributed by atoms with Crippen LogP contribution in [-0.4, -0.2) is 4.83 Å². The molecule has 0 saturated heterocycles. The number of halogens is 2. The summed E-state index contributed by atoms with van der Waals surface area (Å²) in [6.45, 7) is 4.36. The van der Waals surface area contributed by atoms with Gasteiger partial charge in [-0.1, -0.05) is 35.3 Å². The maximum atomic E-state index is 13.3. The third kappa shape index (κ3) is 3.34. The molecule has 0 N–H and O–H groups in total. The fraction of sp³-hybridized carbons (Fsp3) is 0.625. The Morgan fingerprint density at radius 2 is 2.11 bits per heavy atom. The molecule has 0 nitrogen and oxygen atoms in total. The lowest BCUT2D eigenvalue weighted by Crippen LogP contribution is -2.26. The largest absolute Gasteiger partial charge is 0.207 e. The van der Waals surface area contributed by atoms with E-state index in [2.05, 4.69) is 29.8 Å². The minimum absolute atomic E-state index is 0.107. The van der Waals surface area contributed by atoms with E-state index in [4.69, 9.17) is 0 Å². The fourth-order valence-corrected chi connectivity index (χ4v) is 3.72. The summed E-state index contributed by atoms with van der Waals surface area (Å²) in [4.78, 5) is 0.600. The molecule has 0 amide bonds. The molecule has 2 rings (SSSR count). The summed E-state index contributed by atoms with van der Waals surface area (Å²) < 4.78 is 13.3. The van der Waals surface area contributed by atoms with Crippen LogP contribution in [0.1, 0.15) is 43.7 Å². The van der Waals surface area contributed by atoms with Crippen LogP contribution in [0.4, 0.5) is 4.39 Å². The zero-order valence-electron chi connectivity index (χ0n) is 11.3. The molecular formula is C16H22BrF. The van der Waals surface area contributed by atoms with Gasteiger partial charge in [0.05, 0.1) is 0 Å². The van der Waals surface area contributed by atoms with Crippen LogP contribution < -0.4 is 0 Å². The predicted octanol–water partition coefficient (Wildman–Crippen LogP) is 5.27. The van der Waals surface area contributed by atoms with Crippen molar-refractivity contribution in [1.29, 1.82) is 0 Å². The number of alkyl halides is 1. The van der Waals surface area contributed by atoms with E-state index in [0.717, 1.165) is 12.3 Å². The molecule has 1 fully saturated rings. The Labute approximate surface area is 118 Å². The Kier molecular flexibility index (Phi) is 4.83. The van der Waals surface area contributed by atoms with Crippen molar-refractivity contribution >= 4 is 15.9 Å². The minimum atomic E-state index is -0.107. The highest BCUT2D eigenvalue weighted by molar-refractivity contribution is 9.09. The number of rotatable bonds is 3. The quantitative estimate of drug-likeness (QED) is 0.667. The van der Waals surface area contributed by atoms with Crippen LogP contribution in [0.15, 0.2) is 18.2 Å². The van der Waals surface area contributed by atoms with Crippen LogP contribution in [-0.2, 0) is 6.42 Å². The van der Waals surface area contributed by atoms with E-state index in [0.29, 0.717) is 10.7 Å². The van der Waals surface area contributed by atoms with Crippen molar-refractivity contribution < 1.29 is 4.39 Å². The number of aryl methyl sites for hydroxylation is 1. The molecule has 0 aromatic heterocycles. The van der Waals surface area contributed by atoms with Crippen molar-refractivity contribution in [3.63, 3.8) is 0 Å². The van der Waals surface area contributed by atoms with Crippen LogP contribution in [0.3, 0.4) is 0 Å². The highest BCUT2D eigenvalue weighted by Crippen LogP contribution is 2.37. The monoisotopic (exact) mass is 312 g/mol. The third-order valence-corrected chi connectivity index (χ3v) is 5.57. The highest BCUT2D eigenvalue weighted by atomic mass is 79.9. The molecule has 0 spiro atoms. The van der Waals surface area contributed by atoms with Gasteiger partial charge in [0.1, 0.15) is 5.82 Å². The third-order valence-electron chi connectivity index (χ3n) is 4.37. The predicted molar refractivity (Wildman–Crippen MR) is 78.7 cm³/mol. The molecular weight excluding hydrogens is 291 g/mol. The second-order valence-electron chi connectivity index (χ2n) is 5.64. The van der Waals surface area contributed by atoms with Crippen molar-refractivity contribution in [1.82, 2.24) is 0 Å². The lowest BCUT2D eigenvalue weighted by atomic mass is 9.77. The second kappa shape index (κ2) is 6.18. The van der Waals surface area contributed by atoms with Crippen molar-refractivity contribution in [3.05, 3.63) is 35.1 Å². The molecule has 0 heterocycles. The molecule has 0 bridgehead atoms. The van der Waals surface area contributed by atoms with Crippen molar-refractivity contribution in [3.8, 4) is 0 Å². The molecule has 3 unspecified atom stereocenters. The molecule has 3 atom stereocenters. The minimum Gasteiger partial charge on any atom is -0.207 e. The maximum absolute atomic E-state index is 13.3. The van der Waals surface area contributed by atoms with Gasteiger partial charge >= 0.3 is 0 Å². The summed E-state index contributed by atoms with van der Waals surface area (Å²) in [7, 11) is 0. The Balaban J connectivity index is 2.09. The summed E-state index contributed by atoms with van der Waals surface area (Å²) in [6.07, 6.45) is 6.17. The van der Waals surface area contributed by atoms with E-state index in [9.17, 15) is 4.39 Å². The normalized spacial score (nSPS) is 28.3. The molecule has 100 valence electrons. The molecule has 1 aliphatic carbocycles. The Hall–Kier alpha value is -0.370. The Morgan fingerprint density at radius 3 is 2.83 bits per heavy atom. The fourth-order valence-electron chi connectivity index (χ4n) is 3.05. The lowest BCUT2D eigenvalue weighted by Gasteiger charge is -2.33. The first-order valence-corrected chi connectivity index (χ1v) is 7.90. The molecule has 1 saturated carbocycles. The van der Waals surface area contributed by atoms with Gasteiger partial charge in [-0.25, -0.2) is 4.39 Å². The van der Waals surface area contributed by atoms with E-state index in [1.807, 2.05) is 6.07 Å².